The van der Waals surface area contributed by atoms with Crippen molar-refractivity contribution in [1.82, 2.24) is 4.31 Å². The van der Waals surface area contributed by atoms with Gasteiger partial charge in [-0.3, -0.25) is 0 Å². The minimum Gasteiger partial charge on any atom is -0.399 e. The van der Waals surface area contributed by atoms with Crippen LogP contribution in [0.5, 0.6) is 0 Å². The van der Waals surface area contributed by atoms with Crippen molar-refractivity contribution >= 4 is 15.7 Å². The number of rotatable bonds is 8. The number of anilines is 1. The van der Waals surface area contributed by atoms with Gasteiger partial charge >= 0.3 is 0 Å². The third kappa shape index (κ3) is 3.82. The quantitative estimate of drug-likeness (QED) is 0.585. The van der Waals surface area contributed by atoms with Gasteiger partial charge in [-0.15, -0.1) is 6.58 Å². The molecule has 20 heavy (non-hydrogen) atoms. The Balaban J connectivity index is 3.24. The molecule has 2 N–H and O–H groups in total. The van der Waals surface area contributed by atoms with Crippen molar-refractivity contribution in [1.29, 1.82) is 0 Å². The Bertz CT molecular complexity index is 556. The Morgan fingerprint density at radius 1 is 1.45 bits per heavy atom. The van der Waals surface area contributed by atoms with Gasteiger partial charge in [0.15, 0.2) is 0 Å². The van der Waals surface area contributed by atoms with Crippen LogP contribution >= 0.6 is 0 Å². The van der Waals surface area contributed by atoms with Crippen LogP contribution in [-0.2, 0) is 21.2 Å². The van der Waals surface area contributed by atoms with E-state index in [-0.39, 0.29) is 18.0 Å². The van der Waals surface area contributed by atoms with E-state index in [0.29, 0.717) is 18.7 Å². The first-order valence-corrected chi connectivity index (χ1v) is 7.89. The topological polar surface area (TPSA) is 72.6 Å². The van der Waals surface area contributed by atoms with E-state index in [9.17, 15) is 8.42 Å². The lowest BCUT2D eigenvalue weighted by molar-refractivity contribution is 0.182. The maximum Gasteiger partial charge on any atom is 0.243 e. The second-order valence-corrected chi connectivity index (χ2v) is 6.27. The molecule has 0 aliphatic heterocycles. The predicted octanol–water partition coefficient (Wildman–Crippen LogP) is 1.65. The summed E-state index contributed by atoms with van der Waals surface area (Å²) >= 11 is 0. The summed E-state index contributed by atoms with van der Waals surface area (Å²) in [7, 11) is -2.06. The summed E-state index contributed by atoms with van der Waals surface area (Å²) < 4.78 is 31.8. The molecule has 5 nitrogen and oxygen atoms in total. The highest BCUT2D eigenvalue weighted by atomic mass is 32.2. The lowest BCUT2D eigenvalue weighted by atomic mass is 10.1. The SMILES string of the molecule is C=CCN(CCOC)S(=O)(=O)c1cc(N)ccc1CC. The highest BCUT2D eigenvalue weighted by Crippen LogP contribution is 2.23. The zero-order chi connectivity index (χ0) is 15.2. The van der Waals surface area contributed by atoms with Gasteiger partial charge < -0.3 is 10.5 Å². The molecule has 0 saturated heterocycles. The molecule has 0 amide bonds. The van der Waals surface area contributed by atoms with Crippen molar-refractivity contribution in [3.05, 3.63) is 36.4 Å². The van der Waals surface area contributed by atoms with E-state index in [1.54, 1.807) is 18.2 Å². The van der Waals surface area contributed by atoms with Gasteiger partial charge in [-0.25, -0.2) is 8.42 Å². The number of nitrogens with two attached hydrogens (primary N) is 1. The van der Waals surface area contributed by atoms with Crippen LogP contribution in [-0.4, -0.2) is 39.5 Å². The molecule has 0 aliphatic rings. The lowest BCUT2D eigenvalue weighted by Gasteiger charge is -2.22. The van der Waals surface area contributed by atoms with Crippen LogP contribution in [0.15, 0.2) is 35.7 Å². The van der Waals surface area contributed by atoms with Gasteiger partial charge in [-0.2, -0.15) is 4.31 Å². The Hall–Kier alpha value is -1.37. The molecule has 0 aromatic heterocycles. The first-order chi connectivity index (χ1) is 9.47. The average molecular weight is 298 g/mol. The number of ether oxygens (including phenoxy) is 1. The van der Waals surface area contributed by atoms with Gasteiger partial charge in [-0.1, -0.05) is 19.1 Å². The molecule has 0 atom stereocenters. The largest absolute Gasteiger partial charge is 0.399 e. The highest BCUT2D eigenvalue weighted by Gasteiger charge is 2.25. The molecule has 0 fully saturated rings. The normalized spacial score (nSPS) is 11.8. The van der Waals surface area contributed by atoms with Gasteiger partial charge in [0.2, 0.25) is 10.0 Å². The van der Waals surface area contributed by atoms with Crippen LogP contribution in [0.25, 0.3) is 0 Å². The number of aryl methyl sites for hydroxylation is 1. The van der Waals surface area contributed by atoms with E-state index in [0.717, 1.165) is 5.56 Å². The lowest BCUT2D eigenvalue weighted by Crippen LogP contribution is -2.34. The average Bonchev–Trinajstić information content (AvgIpc) is 2.43. The summed E-state index contributed by atoms with van der Waals surface area (Å²) in [6.45, 7) is 6.37. The van der Waals surface area contributed by atoms with Gasteiger partial charge in [0.1, 0.15) is 0 Å². The van der Waals surface area contributed by atoms with Crippen molar-refractivity contribution in [2.24, 2.45) is 0 Å². The van der Waals surface area contributed by atoms with E-state index in [1.165, 1.54) is 17.5 Å². The third-order valence-electron chi connectivity index (χ3n) is 2.97. The second-order valence-electron chi connectivity index (χ2n) is 4.37. The Labute approximate surface area is 121 Å². The molecule has 0 unspecified atom stereocenters. The van der Waals surface area contributed by atoms with Crippen LogP contribution in [0.2, 0.25) is 0 Å². The number of methoxy groups -OCH3 is 1. The number of nitrogen functional groups attached to an aromatic ring is 1. The minimum absolute atomic E-state index is 0.240. The molecule has 1 rings (SSSR count). The summed E-state index contributed by atoms with van der Waals surface area (Å²) in [6.07, 6.45) is 2.19. The fraction of sp³-hybridized carbons (Fsp3) is 0.429. The first kappa shape index (κ1) is 16.7. The van der Waals surface area contributed by atoms with Crippen LogP contribution in [0.3, 0.4) is 0 Å². The number of nitrogens with zero attached hydrogens (tertiary/aromatic N) is 1. The molecule has 0 spiro atoms. The van der Waals surface area contributed by atoms with Gasteiger partial charge in [0.05, 0.1) is 11.5 Å². The van der Waals surface area contributed by atoms with Crippen molar-refractivity contribution in [2.75, 3.05) is 32.5 Å². The number of hydrogen-bond donors (Lipinski definition) is 1. The van der Waals surface area contributed by atoms with Crippen molar-refractivity contribution < 1.29 is 13.2 Å². The summed E-state index contributed by atoms with van der Waals surface area (Å²) in [5.74, 6) is 0. The molecule has 0 aliphatic carbocycles. The Morgan fingerprint density at radius 3 is 2.70 bits per heavy atom. The fourth-order valence-electron chi connectivity index (χ4n) is 1.89. The Kier molecular flexibility index (Phi) is 6.19. The van der Waals surface area contributed by atoms with E-state index in [2.05, 4.69) is 6.58 Å². The zero-order valence-electron chi connectivity index (χ0n) is 12.0. The van der Waals surface area contributed by atoms with Gasteiger partial charge in [-0.05, 0) is 24.1 Å². The van der Waals surface area contributed by atoms with Crippen molar-refractivity contribution in [3.63, 3.8) is 0 Å². The maximum atomic E-state index is 12.7. The van der Waals surface area contributed by atoms with Crippen LogP contribution in [0.4, 0.5) is 5.69 Å². The van der Waals surface area contributed by atoms with Crippen molar-refractivity contribution in [2.45, 2.75) is 18.2 Å². The van der Waals surface area contributed by atoms with Crippen LogP contribution in [0.1, 0.15) is 12.5 Å². The van der Waals surface area contributed by atoms with Gasteiger partial charge in [0, 0.05) is 25.9 Å². The predicted molar refractivity (Wildman–Crippen MR) is 81.1 cm³/mol. The smallest absolute Gasteiger partial charge is 0.243 e. The molecule has 6 heteroatoms. The number of hydrogen-bond acceptors (Lipinski definition) is 4. The summed E-state index contributed by atoms with van der Waals surface area (Å²) in [6, 6.07) is 4.98. The molecular weight excluding hydrogens is 276 g/mol. The molecule has 0 radical (unpaired) electrons. The minimum atomic E-state index is -3.60. The third-order valence-corrected chi connectivity index (χ3v) is 4.91. The second kappa shape index (κ2) is 7.42. The Morgan fingerprint density at radius 2 is 2.15 bits per heavy atom. The van der Waals surface area contributed by atoms with E-state index in [1.807, 2.05) is 6.92 Å². The summed E-state index contributed by atoms with van der Waals surface area (Å²) in [5.41, 5.74) is 6.92. The highest BCUT2D eigenvalue weighted by molar-refractivity contribution is 7.89. The summed E-state index contributed by atoms with van der Waals surface area (Å²) in [4.78, 5) is 0.262. The molecule has 0 saturated carbocycles. The zero-order valence-corrected chi connectivity index (χ0v) is 12.8. The molecule has 1 aromatic rings. The molecule has 0 heterocycles. The molecule has 112 valence electrons. The fourth-order valence-corrected chi connectivity index (χ4v) is 3.61. The van der Waals surface area contributed by atoms with E-state index >= 15 is 0 Å². The van der Waals surface area contributed by atoms with Crippen molar-refractivity contribution in [3.8, 4) is 0 Å². The van der Waals surface area contributed by atoms with E-state index < -0.39 is 10.0 Å². The van der Waals surface area contributed by atoms with Crippen LogP contribution < -0.4 is 5.73 Å². The number of sulfonamides is 1. The first-order valence-electron chi connectivity index (χ1n) is 6.45. The maximum absolute atomic E-state index is 12.7. The number of benzene rings is 1. The van der Waals surface area contributed by atoms with Crippen LogP contribution in [0, 0.1) is 0 Å². The standard InChI is InChI=1S/C14H22N2O3S/c1-4-8-16(9-10-19-3)20(17,18)14-11-13(15)7-6-12(14)5-2/h4,6-7,11H,1,5,8-10,15H2,2-3H3. The van der Waals surface area contributed by atoms with Gasteiger partial charge in [0.25, 0.3) is 0 Å². The molecule has 0 bridgehead atoms. The monoisotopic (exact) mass is 298 g/mol. The van der Waals surface area contributed by atoms with E-state index in [4.69, 9.17) is 10.5 Å². The summed E-state index contributed by atoms with van der Waals surface area (Å²) in [5, 5.41) is 0. The molecular formula is C14H22N2O3S. The molecule has 1 aromatic carbocycles.